The molecule has 0 bridgehead atoms. The van der Waals surface area contributed by atoms with Crippen LogP contribution in [0.15, 0.2) is 24.3 Å². The quantitative estimate of drug-likeness (QED) is 0.589. The third-order valence-electron chi connectivity index (χ3n) is 2.73. The van der Waals surface area contributed by atoms with Gasteiger partial charge < -0.3 is 4.74 Å². The maximum atomic E-state index is 6.22. The summed E-state index contributed by atoms with van der Waals surface area (Å²) in [5.74, 6) is 0.614. The fraction of sp³-hybridized carbons (Fsp3) is 0.286. The van der Waals surface area contributed by atoms with Gasteiger partial charge in [0.15, 0.2) is 0 Å². The number of rotatable bonds is 5. The summed E-state index contributed by atoms with van der Waals surface area (Å²) in [7, 11) is 1.66. The van der Waals surface area contributed by atoms with Crippen molar-refractivity contribution in [2.24, 2.45) is 0 Å². The minimum atomic E-state index is 0.333. The number of methoxy groups -OCH3 is 1. The van der Waals surface area contributed by atoms with Crippen LogP contribution < -0.4 is 0 Å². The lowest BCUT2D eigenvalue weighted by molar-refractivity contribution is 0.194. The Balaban J connectivity index is 2.31. The van der Waals surface area contributed by atoms with Gasteiger partial charge in [-0.2, -0.15) is 0 Å². The minimum absolute atomic E-state index is 0.333. The average molecular weight is 332 g/mol. The van der Waals surface area contributed by atoms with Gasteiger partial charge in [-0.1, -0.05) is 46.9 Å². The zero-order valence-corrected chi connectivity index (χ0v) is 13.1. The Bertz CT molecular complexity index is 582. The van der Waals surface area contributed by atoms with Crippen molar-refractivity contribution in [3.05, 3.63) is 45.4 Å². The molecule has 0 aliphatic rings. The molecule has 0 radical (unpaired) electrons. The lowest BCUT2D eigenvalue weighted by atomic mass is 10.1. The Morgan fingerprint density at radius 3 is 2.40 bits per heavy atom. The first-order valence-corrected chi connectivity index (χ1v) is 7.22. The fourth-order valence-electron chi connectivity index (χ4n) is 1.82. The second-order valence-corrected chi connectivity index (χ2v) is 5.36. The third kappa shape index (κ3) is 3.83. The molecule has 1 heterocycles. The van der Waals surface area contributed by atoms with E-state index >= 15 is 0 Å². The van der Waals surface area contributed by atoms with Crippen LogP contribution in [0, 0.1) is 0 Å². The summed E-state index contributed by atoms with van der Waals surface area (Å²) in [4.78, 5) is 8.57. The molecule has 106 valence electrons. The summed E-state index contributed by atoms with van der Waals surface area (Å²) in [5, 5.41) is 1.28. The maximum Gasteiger partial charge on any atom is 0.142 e. The van der Waals surface area contributed by atoms with Crippen molar-refractivity contribution in [3.63, 3.8) is 0 Å². The lowest BCUT2D eigenvalue weighted by Gasteiger charge is -2.09. The first kappa shape index (κ1) is 15.5. The topological polar surface area (TPSA) is 35.0 Å². The molecule has 0 spiro atoms. The van der Waals surface area contributed by atoms with Crippen molar-refractivity contribution < 1.29 is 4.74 Å². The molecule has 0 aliphatic heterocycles. The number of nitrogens with zero attached hydrogens (tertiary/aromatic N) is 2. The highest BCUT2D eigenvalue weighted by Crippen LogP contribution is 2.33. The van der Waals surface area contributed by atoms with Gasteiger partial charge in [-0.15, -0.1) is 0 Å². The lowest BCUT2D eigenvalue weighted by Crippen LogP contribution is -2.01. The maximum absolute atomic E-state index is 6.22. The predicted octanol–water partition coefficient (Wildman–Crippen LogP) is 4.68. The van der Waals surface area contributed by atoms with E-state index in [0.717, 1.165) is 12.0 Å². The predicted molar refractivity (Wildman–Crippen MR) is 82.7 cm³/mol. The van der Waals surface area contributed by atoms with E-state index in [2.05, 4.69) is 9.97 Å². The highest BCUT2D eigenvalue weighted by Gasteiger charge is 2.13. The van der Waals surface area contributed by atoms with Gasteiger partial charge in [-0.05, 0) is 24.1 Å². The van der Waals surface area contributed by atoms with Crippen molar-refractivity contribution in [2.45, 2.75) is 12.8 Å². The second-order valence-electron chi connectivity index (χ2n) is 4.20. The summed E-state index contributed by atoms with van der Waals surface area (Å²) >= 11 is 18.4. The van der Waals surface area contributed by atoms with Gasteiger partial charge in [0.2, 0.25) is 0 Å². The Morgan fingerprint density at radius 2 is 1.80 bits per heavy atom. The highest BCUT2D eigenvalue weighted by atomic mass is 35.5. The molecule has 2 rings (SSSR count). The van der Waals surface area contributed by atoms with Gasteiger partial charge in [0.1, 0.15) is 16.1 Å². The molecule has 0 saturated carbocycles. The highest BCUT2D eigenvalue weighted by molar-refractivity contribution is 6.38. The monoisotopic (exact) mass is 330 g/mol. The van der Waals surface area contributed by atoms with Crippen LogP contribution in [0.25, 0.3) is 11.1 Å². The number of halogens is 3. The van der Waals surface area contributed by atoms with E-state index in [1.54, 1.807) is 19.2 Å². The van der Waals surface area contributed by atoms with E-state index in [-0.39, 0.29) is 0 Å². The van der Waals surface area contributed by atoms with Gasteiger partial charge >= 0.3 is 0 Å². The first-order chi connectivity index (χ1) is 9.61. The first-order valence-electron chi connectivity index (χ1n) is 6.08. The average Bonchev–Trinajstić information content (AvgIpc) is 2.38. The van der Waals surface area contributed by atoms with Crippen LogP contribution >= 0.6 is 34.8 Å². The van der Waals surface area contributed by atoms with Crippen molar-refractivity contribution in [3.8, 4) is 11.1 Å². The molecule has 6 heteroatoms. The van der Waals surface area contributed by atoms with Crippen LogP contribution in [-0.4, -0.2) is 23.7 Å². The molecule has 1 aromatic carbocycles. The molecule has 0 N–H and O–H groups in total. The normalized spacial score (nSPS) is 10.8. The molecule has 3 nitrogen and oxygen atoms in total. The van der Waals surface area contributed by atoms with Crippen molar-refractivity contribution in [1.82, 2.24) is 9.97 Å². The molecule has 0 saturated heterocycles. The zero-order chi connectivity index (χ0) is 14.5. The summed E-state index contributed by atoms with van der Waals surface area (Å²) in [5.41, 5.74) is 1.40. The van der Waals surface area contributed by atoms with Gasteiger partial charge in [-0.3, -0.25) is 0 Å². The zero-order valence-electron chi connectivity index (χ0n) is 10.9. The second kappa shape index (κ2) is 7.23. The van der Waals surface area contributed by atoms with Gasteiger partial charge in [0, 0.05) is 25.2 Å². The van der Waals surface area contributed by atoms with Crippen molar-refractivity contribution in [2.75, 3.05) is 13.7 Å². The Hall–Kier alpha value is -0.870. The van der Waals surface area contributed by atoms with E-state index in [1.165, 1.54) is 0 Å². The summed E-state index contributed by atoms with van der Waals surface area (Å²) < 4.78 is 4.99. The van der Waals surface area contributed by atoms with Gasteiger partial charge in [0.05, 0.1) is 5.56 Å². The van der Waals surface area contributed by atoms with E-state index in [9.17, 15) is 0 Å². The number of hydrogen-bond donors (Lipinski definition) is 0. The van der Waals surface area contributed by atoms with Crippen LogP contribution in [0.3, 0.4) is 0 Å². The molecule has 1 aromatic heterocycles. The van der Waals surface area contributed by atoms with E-state index in [1.807, 2.05) is 12.1 Å². The van der Waals surface area contributed by atoms with E-state index in [0.29, 0.717) is 39.7 Å². The summed E-state index contributed by atoms with van der Waals surface area (Å²) in [6.07, 6.45) is 1.49. The van der Waals surface area contributed by atoms with Crippen LogP contribution in [0.2, 0.25) is 15.3 Å². The standard InChI is InChI=1S/C14H13Cl3N2O/c1-20-7-3-6-11-18-13(16)12(14(17)19-11)9-4-2-5-10(15)8-9/h2,4-5,8H,3,6-7H2,1H3. The molecular weight excluding hydrogens is 319 g/mol. The van der Waals surface area contributed by atoms with Gasteiger partial charge in [0.25, 0.3) is 0 Å². The smallest absolute Gasteiger partial charge is 0.142 e. The molecular formula is C14H13Cl3N2O. The number of aromatic nitrogens is 2. The molecule has 20 heavy (non-hydrogen) atoms. The Labute approximate surface area is 132 Å². The number of benzene rings is 1. The Morgan fingerprint density at radius 1 is 1.10 bits per heavy atom. The molecule has 0 amide bonds. The number of aryl methyl sites for hydroxylation is 1. The number of hydrogen-bond acceptors (Lipinski definition) is 3. The largest absolute Gasteiger partial charge is 0.385 e. The number of ether oxygens (including phenoxy) is 1. The van der Waals surface area contributed by atoms with Gasteiger partial charge in [-0.25, -0.2) is 9.97 Å². The Kier molecular flexibility index (Phi) is 5.61. The van der Waals surface area contributed by atoms with E-state index in [4.69, 9.17) is 39.5 Å². The summed E-state index contributed by atoms with van der Waals surface area (Å²) in [6.45, 7) is 0.647. The molecule has 0 unspecified atom stereocenters. The summed E-state index contributed by atoms with van der Waals surface area (Å²) in [6, 6.07) is 7.26. The van der Waals surface area contributed by atoms with Crippen molar-refractivity contribution >= 4 is 34.8 Å². The van der Waals surface area contributed by atoms with Crippen LogP contribution in [0.1, 0.15) is 12.2 Å². The molecule has 0 aliphatic carbocycles. The fourth-order valence-corrected chi connectivity index (χ4v) is 2.65. The van der Waals surface area contributed by atoms with Crippen molar-refractivity contribution in [1.29, 1.82) is 0 Å². The molecule has 2 aromatic rings. The molecule has 0 fully saturated rings. The molecule has 0 atom stereocenters. The van der Waals surface area contributed by atoms with Crippen LogP contribution in [0.5, 0.6) is 0 Å². The van der Waals surface area contributed by atoms with Crippen LogP contribution in [0.4, 0.5) is 0 Å². The SMILES string of the molecule is COCCCc1nc(Cl)c(-c2cccc(Cl)c2)c(Cl)n1. The van der Waals surface area contributed by atoms with Crippen LogP contribution in [-0.2, 0) is 11.2 Å². The third-order valence-corrected chi connectivity index (χ3v) is 3.51. The van der Waals surface area contributed by atoms with E-state index < -0.39 is 0 Å². The minimum Gasteiger partial charge on any atom is -0.385 e.